The summed E-state index contributed by atoms with van der Waals surface area (Å²) in [5, 5.41) is 10.6. The second-order valence-electron chi connectivity index (χ2n) is 5.16. The van der Waals surface area contributed by atoms with E-state index in [4.69, 9.17) is 5.73 Å². The van der Waals surface area contributed by atoms with Crippen LogP contribution in [0.1, 0.15) is 6.92 Å². The van der Waals surface area contributed by atoms with Crippen LogP contribution in [0.25, 0.3) is 0 Å². The number of hydrogen-bond acceptors (Lipinski definition) is 4. The minimum absolute atomic E-state index is 0.319. The van der Waals surface area contributed by atoms with Gasteiger partial charge < -0.3 is 20.6 Å². The number of likely N-dealkylation sites (tertiary alicyclic amines) is 2. The molecule has 88 valence electrons. The molecule has 3 N–H and O–H groups in total. The lowest BCUT2D eigenvalue weighted by Crippen LogP contribution is -2.68. The normalized spacial score (nSPS) is 43.2. The summed E-state index contributed by atoms with van der Waals surface area (Å²) >= 11 is 0. The molecule has 0 aromatic rings. The van der Waals surface area contributed by atoms with Crippen LogP contribution < -0.4 is 5.73 Å². The van der Waals surface area contributed by atoms with Gasteiger partial charge in [-0.3, -0.25) is 0 Å². The van der Waals surface area contributed by atoms with E-state index in [2.05, 4.69) is 23.8 Å². The summed E-state index contributed by atoms with van der Waals surface area (Å²) in [6.07, 6.45) is 0. The minimum Gasteiger partial charge on any atom is -0.388 e. The molecule has 2 bridgehead atoms. The van der Waals surface area contributed by atoms with E-state index in [0.29, 0.717) is 18.4 Å². The number of nitrogens with zero attached hydrogens (tertiary/aromatic N) is 2. The lowest BCUT2D eigenvalue weighted by molar-refractivity contribution is -0.147. The van der Waals surface area contributed by atoms with Crippen molar-refractivity contribution in [1.82, 2.24) is 9.80 Å². The number of piperidine rings is 2. The van der Waals surface area contributed by atoms with Gasteiger partial charge in [-0.1, -0.05) is 6.92 Å². The molecule has 2 saturated heterocycles. The maximum absolute atomic E-state index is 10.6. The van der Waals surface area contributed by atoms with Crippen molar-refractivity contribution in [2.45, 2.75) is 12.5 Å². The lowest BCUT2D eigenvalue weighted by Gasteiger charge is -2.54. The molecular weight excluding hydrogens is 190 g/mol. The molecule has 0 aliphatic carbocycles. The number of hydrogen-bond donors (Lipinski definition) is 2. The Morgan fingerprint density at radius 2 is 1.80 bits per heavy atom. The molecule has 15 heavy (non-hydrogen) atoms. The third-order valence-electron chi connectivity index (χ3n) is 4.21. The van der Waals surface area contributed by atoms with Crippen molar-refractivity contribution >= 4 is 0 Å². The molecular formula is C11H23N3O. The number of fused-ring (bicyclic) bond motifs is 2. The predicted octanol–water partition coefficient (Wildman–Crippen LogP) is -0.810. The molecule has 4 nitrogen and oxygen atoms in total. The first-order chi connectivity index (χ1) is 7.10. The summed E-state index contributed by atoms with van der Waals surface area (Å²) in [7, 11) is 2.14. The summed E-state index contributed by atoms with van der Waals surface area (Å²) in [6.45, 7) is 7.61. The molecule has 0 amide bonds. The Bertz CT molecular complexity index is 218. The average molecular weight is 213 g/mol. The second kappa shape index (κ2) is 4.01. The number of nitrogens with two attached hydrogens (primary N) is 1. The third-order valence-corrected chi connectivity index (χ3v) is 4.21. The van der Waals surface area contributed by atoms with Crippen LogP contribution in [0, 0.1) is 11.8 Å². The average Bonchev–Trinajstić information content (AvgIpc) is 2.20. The molecule has 0 spiro atoms. The third kappa shape index (κ3) is 1.80. The van der Waals surface area contributed by atoms with Crippen molar-refractivity contribution in [3.8, 4) is 0 Å². The summed E-state index contributed by atoms with van der Waals surface area (Å²) in [5.41, 5.74) is 5.16. The first-order valence-corrected chi connectivity index (χ1v) is 5.93. The highest BCUT2D eigenvalue weighted by molar-refractivity contribution is 5.04. The highest BCUT2D eigenvalue weighted by atomic mass is 16.3. The van der Waals surface area contributed by atoms with E-state index in [9.17, 15) is 5.11 Å². The van der Waals surface area contributed by atoms with Gasteiger partial charge in [0.1, 0.15) is 0 Å². The molecule has 2 aliphatic rings. The van der Waals surface area contributed by atoms with E-state index in [1.807, 2.05) is 0 Å². The van der Waals surface area contributed by atoms with Crippen molar-refractivity contribution in [2.75, 3.05) is 46.3 Å². The first kappa shape index (κ1) is 11.3. The van der Waals surface area contributed by atoms with Crippen molar-refractivity contribution in [2.24, 2.45) is 17.6 Å². The zero-order chi connectivity index (χ0) is 11.1. The van der Waals surface area contributed by atoms with Gasteiger partial charge in [0.05, 0.1) is 5.60 Å². The van der Waals surface area contributed by atoms with Crippen LogP contribution in [0.15, 0.2) is 0 Å². The molecule has 2 aliphatic heterocycles. The molecule has 2 fully saturated rings. The summed E-state index contributed by atoms with van der Waals surface area (Å²) < 4.78 is 0. The zero-order valence-electron chi connectivity index (χ0n) is 9.82. The Balaban J connectivity index is 2.18. The Kier molecular flexibility index (Phi) is 3.03. The SMILES string of the molecule is CCN1CC2CN(C)CC(C1)C2(O)CN. The molecule has 2 unspecified atom stereocenters. The van der Waals surface area contributed by atoms with E-state index in [1.54, 1.807) is 0 Å². The molecule has 2 atom stereocenters. The molecule has 0 saturated carbocycles. The van der Waals surface area contributed by atoms with Crippen LogP contribution in [-0.2, 0) is 0 Å². The van der Waals surface area contributed by atoms with Gasteiger partial charge >= 0.3 is 0 Å². The van der Waals surface area contributed by atoms with Crippen LogP contribution in [0.5, 0.6) is 0 Å². The van der Waals surface area contributed by atoms with E-state index in [-0.39, 0.29) is 0 Å². The van der Waals surface area contributed by atoms with Gasteiger partial charge in [0, 0.05) is 44.6 Å². The smallest absolute Gasteiger partial charge is 0.0874 e. The minimum atomic E-state index is -0.613. The van der Waals surface area contributed by atoms with Gasteiger partial charge in [0.15, 0.2) is 0 Å². The number of aliphatic hydroxyl groups is 1. The first-order valence-electron chi connectivity index (χ1n) is 5.93. The van der Waals surface area contributed by atoms with Crippen LogP contribution >= 0.6 is 0 Å². The topological polar surface area (TPSA) is 52.7 Å². The highest BCUT2D eigenvalue weighted by Gasteiger charge is 2.50. The van der Waals surface area contributed by atoms with Crippen molar-refractivity contribution in [3.05, 3.63) is 0 Å². The summed E-state index contributed by atoms with van der Waals surface area (Å²) in [4.78, 5) is 4.76. The maximum atomic E-state index is 10.6. The fourth-order valence-electron chi connectivity index (χ4n) is 3.20. The monoisotopic (exact) mass is 213 g/mol. The fraction of sp³-hybridized carbons (Fsp3) is 1.00. The molecule has 4 heteroatoms. The van der Waals surface area contributed by atoms with Gasteiger partial charge in [-0.2, -0.15) is 0 Å². The second-order valence-corrected chi connectivity index (χ2v) is 5.16. The fourth-order valence-corrected chi connectivity index (χ4v) is 3.20. The molecule has 2 heterocycles. The Morgan fingerprint density at radius 3 is 2.20 bits per heavy atom. The van der Waals surface area contributed by atoms with Crippen molar-refractivity contribution in [1.29, 1.82) is 0 Å². The van der Waals surface area contributed by atoms with Crippen LogP contribution in [-0.4, -0.2) is 66.8 Å². The molecule has 0 aromatic carbocycles. The Morgan fingerprint density at radius 1 is 1.27 bits per heavy atom. The number of rotatable bonds is 2. The van der Waals surface area contributed by atoms with E-state index < -0.39 is 5.60 Å². The molecule has 0 aromatic heterocycles. The maximum Gasteiger partial charge on any atom is 0.0874 e. The highest BCUT2D eigenvalue weighted by Crippen LogP contribution is 2.36. The van der Waals surface area contributed by atoms with Gasteiger partial charge in [-0.05, 0) is 13.6 Å². The zero-order valence-corrected chi connectivity index (χ0v) is 9.82. The van der Waals surface area contributed by atoms with Gasteiger partial charge in [0.2, 0.25) is 0 Å². The van der Waals surface area contributed by atoms with Gasteiger partial charge in [-0.15, -0.1) is 0 Å². The molecule has 2 rings (SSSR count). The van der Waals surface area contributed by atoms with Gasteiger partial charge in [0.25, 0.3) is 0 Å². The van der Waals surface area contributed by atoms with E-state index in [0.717, 1.165) is 32.7 Å². The Labute approximate surface area is 92.0 Å². The van der Waals surface area contributed by atoms with Crippen LogP contribution in [0.2, 0.25) is 0 Å². The van der Waals surface area contributed by atoms with E-state index in [1.165, 1.54) is 0 Å². The predicted molar refractivity (Wildman–Crippen MR) is 60.6 cm³/mol. The van der Waals surface area contributed by atoms with Crippen LogP contribution in [0.4, 0.5) is 0 Å². The Hall–Kier alpha value is -0.160. The van der Waals surface area contributed by atoms with Crippen molar-refractivity contribution in [3.63, 3.8) is 0 Å². The molecule has 0 radical (unpaired) electrons. The summed E-state index contributed by atoms with van der Waals surface area (Å²) in [6, 6.07) is 0. The van der Waals surface area contributed by atoms with Gasteiger partial charge in [-0.25, -0.2) is 0 Å². The van der Waals surface area contributed by atoms with E-state index >= 15 is 0 Å². The quantitative estimate of drug-likeness (QED) is 0.630. The summed E-state index contributed by atoms with van der Waals surface area (Å²) in [5.74, 6) is 0.639. The van der Waals surface area contributed by atoms with Crippen molar-refractivity contribution < 1.29 is 5.11 Å². The largest absolute Gasteiger partial charge is 0.388 e. The van der Waals surface area contributed by atoms with Crippen LogP contribution in [0.3, 0.4) is 0 Å². The lowest BCUT2D eigenvalue weighted by atomic mass is 9.70. The standard InChI is InChI=1S/C11H23N3O/c1-3-14-6-9-4-13(2)5-10(7-14)11(9,15)8-12/h9-10,15H,3-8,12H2,1-2H3.